The van der Waals surface area contributed by atoms with Crippen LogP contribution in [-0.2, 0) is 4.79 Å². The topological polar surface area (TPSA) is 78.9 Å². The van der Waals surface area contributed by atoms with E-state index in [-0.39, 0.29) is 11.6 Å². The number of aliphatic imine (C=N–C) groups is 2. The van der Waals surface area contributed by atoms with Crippen molar-refractivity contribution < 1.29 is 4.79 Å². The van der Waals surface area contributed by atoms with Crippen LogP contribution in [-0.4, -0.2) is 23.3 Å². The lowest BCUT2D eigenvalue weighted by Gasteiger charge is -2.04. The number of rotatable bonds is 3. The Morgan fingerprint density at radius 2 is 2.14 bits per heavy atom. The van der Waals surface area contributed by atoms with Crippen LogP contribution in [0.2, 0.25) is 0 Å². The van der Waals surface area contributed by atoms with Crippen LogP contribution in [0.4, 0.5) is 0 Å². The molecule has 0 atom stereocenters. The molecular formula is C8H9N5O. The first kappa shape index (κ1) is 8.86. The Morgan fingerprint density at radius 1 is 1.29 bits per heavy atom. The number of nitrogens with zero attached hydrogens (tertiary/aromatic N) is 5. The fourth-order valence-electron chi connectivity index (χ4n) is 1.18. The minimum atomic E-state index is -0.383. The molecule has 6 heteroatoms. The molecule has 0 spiro atoms. The van der Waals surface area contributed by atoms with Crippen molar-refractivity contribution in [3.63, 3.8) is 0 Å². The average Bonchev–Trinajstić information content (AvgIpc) is 2.63. The first-order chi connectivity index (χ1) is 6.81. The molecule has 0 unspecified atom stereocenters. The van der Waals surface area contributed by atoms with E-state index in [1.165, 1.54) is 0 Å². The summed E-state index contributed by atoms with van der Waals surface area (Å²) in [7, 11) is 0. The quantitative estimate of drug-likeness (QED) is 0.662. The predicted molar refractivity (Wildman–Crippen MR) is 51.7 cm³/mol. The van der Waals surface area contributed by atoms with E-state index in [1.54, 1.807) is 0 Å². The van der Waals surface area contributed by atoms with Crippen molar-refractivity contribution in [2.45, 2.75) is 26.2 Å². The highest BCUT2D eigenvalue weighted by Crippen LogP contribution is 2.10. The van der Waals surface area contributed by atoms with Crippen LogP contribution in [0.5, 0.6) is 0 Å². The zero-order valence-corrected chi connectivity index (χ0v) is 7.77. The molecule has 6 nitrogen and oxygen atoms in total. The molecule has 0 N–H and O–H groups in total. The number of hydrogen-bond acceptors (Lipinski definition) is 5. The van der Waals surface area contributed by atoms with Crippen LogP contribution in [0.25, 0.3) is 0 Å². The third-order valence-corrected chi connectivity index (χ3v) is 1.92. The molecule has 0 saturated heterocycles. The van der Waals surface area contributed by atoms with E-state index in [4.69, 9.17) is 0 Å². The van der Waals surface area contributed by atoms with Gasteiger partial charge in [0.2, 0.25) is 11.5 Å². The number of amidine groups is 2. The molecule has 0 aromatic carbocycles. The summed E-state index contributed by atoms with van der Waals surface area (Å²) in [6.45, 7) is 2.07. The summed E-state index contributed by atoms with van der Waals surface area (Å²) < 4.78 is 0. The number of carbonyl (C=O) groups excluding carboxylic acids is 1. The molecule has 0 bridgehead atoms. The Balaban J connectivity index is 2.18. The van der Waals surface area contributed by atoms with E-state index in [0.717, 1.165) is 12.8 Å². The van der Waals surface area contributed by atoms with E-state index in [1.807, 2.05) is 0 Å². The van der Waals surface area contributed by atoms with Gasteiger partial charge in [-0.1, -0.05) is 13.3 Å². The van der Waals surface area contributed by atoms with Crippen LogP contribution >= 0.6 is 0 Å². The molecule has 0 fully saturated rings. The third kappa shape index (κ3) is 1.50. The number of amides is 1. The third-order valence-electron chi connectivity index (χ3n) is 1.92. The highest BCUT2D eigenvalue weighted by atomic mass is 16.1. The molecule has 0 aliphatic carbocycles. The van der Waals surface area contributed by atoms with Gasteiger partial charge in [-0.15, -0.1) is 10.2 Å². The van der Waals surface area contributed by atoms with Gasteiger partial charge in [0.1, 0.15) is 5.84 Å². The lowest BCUT2D eigenvalue weighted by atomic mass is 10.2. The van der Waals surface area contributed by atoms with Gasteiger partial charge in [0.25, 0.3) is 0 Å². The van der Waals surface area contributed by atoms with Crippen LogP contribution < -0.4 is 0 Å². The fraction of sp³-hybridized carbons (Fsp3) is 0.500. The monoisotopic (exact) mass is 191 g/mol. The number of hydrogen-bond donors (Lipinski definition) is 0. The minimum absolute atomic E-state index is 0.158. The molecular weight excluding hydrogens is 182 g/mol. The van der Waals surface area contributed by atoms with Crippen molar-refractivity contribution in [3.05, 3.63) is 0 Å². The maximum atomic E-state index is 11.3. The largest absolute Gasteiger partial charge is 0.303 e. The highest BCUT2D eigenvalue weighted by molar-refractivity contribution is 6.69. The second-order valence-corrected chi connectivity index (χ2v) is 3.01. The van der Waals surface area contributed by atoms with Crippen molar-refractivity contribution in [3.8, 4) is 0 Å². The summed E-state index contributed by atoms with van der Waals surface area (Å²) in [6.07, 6.45) is 2.71. The van der Waals surface area contributed by atoms with Gasteiger partial charge in [-0.25, -0.2) is 4.99 Å². The van der Waals surface area contributed by atoms with Crippen molar-refractivity contribution >= 4 is 23.3 Å². The number of fused-ring (bicyclic) bond motifs is 1. The first-order valence-corrected chi connectivity index (χ1v) is 4.51. The van der Waals surface area contributed by atoms with Gasteiger partial charge in [-0.3, -0.25) is 4.79 Å². The minimum Gasteiger partial charge on any atom is -0.265 e. The molecule has 0 aromatic heterocycles. The van der Waals surface area contributed by atoms with Crippen molar-refractivity contribution in [2.75, 3.05) is 0 Å². The summed E-state index contributed by atoms with van der Waals surface area (Å²) in [6, 6.07) is 0. The van der Waals surface area contributed by atoms with Gasteiger partial charge in [-0.2, -0.15) is 4.99 Å². The molecule has 2 aliphatic rings. The first-order valence-electron chi connectivity index (χ1n) is 4.51. The molecule has 0 aromatic rings. The van der Waals surface area contributed by atoms with Gasteiger partial charge < -0.3 is 0 Å². The van der Waals surface area contributed by atoms with Gasteiger partial charge in [-0.05, 0) is 11.6 Å². The Labute approximate surface area is 80.5 Å². The normalized spacial score (nSPS) is 18.9. The molecule has 2 heterocycles. The van der Waals surface area contributed by atoms with Crippen LogP contribution in [0.15, 0.2) is 25.4 Å². The van der Waals surface area contributed by atoms with E-state index in [0.29, 0.717) is 18.1 Å². The smallest absolute Gasteiger partial charge is 0.265 e. The summed E-state index contributed by atoms with van der Waals surface area (Å²) in [5, 5.41) is 10.6. The second-order valence-electron chi connectivity index (χ2n) is 3.01. The molecule has 2 rings (SSSR count). The van der Waals surface area contributed by atoms with Gasteiger partial charge in [0, 0.05) is 6.42 Å². The number of unbranched alkanes of at least 4 members (excludes halogenated alkanes) is 1. The second kappa shape index (κ2) is 3.57. The van der Waals surface area contributed by atoms with Crippen LogP contribution in [0.1, 0.15) is 26.2 Å². The predicted octanol–water partition coefficient (Wildman–Crippen LogP) is 1.34. The maximum absolute atomic E-state index is 11.3. The van der Waals surface area contributed by atoms with Gasteiger partial charge in [0.05, 0.1) is 0 Å². The summed E-state index contributed by atoms with van der Waals surface area (Å²) in [4.78, 5) is 19.2. The van der Waals surface area contributed by atoms with E-state index in [9.17, 15) is 4.79 Å². The van der Waals surface area contributed by atoms with E-state index >= 15 is 0 Å². The molecule has 0 radical (unpaired) electrons. The Bertz CT molecular complexity index is 391. The Kier molecular flexibility index (Phi) is 2.26. The Hall–Kier alpha value is -1.72. The fourth-order valence-corrected chi connectivity index (χ4v) is 1.18. The number of carbonyl (C=O) groups is 1. The van der Waals surface area contributed by atoms with E-state index < -0.39 is 0 Å². The van der Waals surface area contributed by atoms with Gasteiger partial charge in [0.15, 0.2) is 0 Å². The van der Waals surface area contributed by atoms with Crippen LogP contribution in [0.3, 0.4) is 0 Å². The zero-order chi connectivity index (χ0) is 9.97. The SMILES string of the molecule is CCCCC1=NC(=O)C2=NN=NC2=N1. The van der Waals surface area contributed by atoms with Crippen molar-refractivity contribution in [2.24, 2.45) is 25.4 Å². The maximum Gasteiger partial charge on any atom is 0.303 e. The standard InChI is InChI=1S/C8H9N5O/c1-2-3-4-5-9-7-6(8(14)10-5)11-13-12-7/h2-4H2,1H3. The lowest BCUT2D eigenvalue weighted by molar-refractivity contribution is -0.111. The van der Waals surface area contributed by atoms with Crippen LogP contribution in [0, 0.1) is 0 Å². The van der Waals surface area contributed by atoms with E-state index in [2.05, 4.69) is 32.3 Å². The summed E-state index contributed by atoms with van der Waals surface area (Å²) in [5.41, 5.74) is 0.158. The molecule has 0 saturated carbocycles. The van der Waals surface area contributed by atoms with Crippen molar-refractivity contribution in [1.82, 2.24) is 0 Å². The summed E-state index contributed by atoms with van der Waals surface area (Å²) in [5.74, 6) is 0.453. The lowest BCUT2D eigenvalue weighted by Crippen LogP contribution is -2.25. The summed E-state index contributed by atoms with van der Waals surface area (Å²) >= 11 is 0. The average molecular weight is 191 g/mol. The van der Waals surface area contributed by atoms with Crippen molar-refractivity contribution in [1.29, 1.82) is 0 Å². The Morgan fingerprint density at radius 3 is 2.93 bits per heavy atom. The van der Waals surface area contributed by atoms with Gasteiger partial charge >= 0.3 is 5.91 Å². The molecule has 14 heavy (non-hydrogen) atoms. The molecule has 2 aliphatic heterocycles. The molecule has 72 valence electrons. The zero-order valence-electron chi connectivity index (χ0n) is 7.77. The highest BCUT2D eigenvalue weighted by Gasteiger charge is 2.26. The molecule has 1 amide bonds.